The number of rotatable bonds is 4. The average molecular weight is 254 g/mol. The molecule has 1 aromatic heterocycles. The Morgan fingerprint density at radius 3 is 2.94 bits per heavy atom. The molecule has 1 heterocycles. The zero-order valence-corrected chi connectivity index (χ0v) is 11.1. The minimum absolute atomic E-state index is 0.188. The third-order valence-corrected chi connectivity index (χ3v) is 4.58. The van der Waals surface area contributed by atoms with Crippen molar-refractivity contribution in [3.05, 3.63) is 29.8 Å². The molecule has 2 rings (SSSR count). The van der Waals surface area contributed by atoms with Crippen LogP contribution in [0.15, 0.2) is 18.3 Å². The zero-order chi connectivity index (χ0) is 12.3. The van der Waals surface area contributed by atoms with E-state index in [0.29, 0.717) is 11.3 Å². The maximum Gasteiger partial charge on any atom is 0.141 e. The van der Waals surface area contributed by atoms with Crippen molar-refractivity contribution in [1.29, 1.82) is 0 Å². The molecular formula is C13H19FN2S. The van der Waals surface area contributed by atoms with Crippen LogP contribution in [0.5, 0.6) is 0 Å². The third kappa shape index (κ3) is 3.19. The van der Waals surface area contributed by atoms with Crippen molar-refractivity contribution >= 4 is 11.8 Å². The summed E-state index contributed by atoms with van der Waals surface area (Å²) in [4.78, 5) is 4.13. The SMILES string of the molecule is CSC1CCCC1NC(C)c1ccc(F)cn1. The van der Waals surface area contributed by atoms with Gasteiger partial charge >= 0.3 is 0 Å². The molecule has 0 spiro atoms. The van der Waals surface area contributed by atoms with Gasteiger partial charge in [-0.3, -0.25) is 4.98 Å². The summed E-state index contributed by atoms with van der Waals surface area (Å²) in [5.41, 5.74) is 0.915. The molecule has 2 nitrogen and oxygen atoms in total. The van der Waals surface area contributed by atoms with Crippen molar-refractivity contribution in [2.24, 2.45) is 0 Å². The molecule has 94 valence electrons. The van der Waals surface area contributed by atoms with Crippen LogP contribution in [-0.4, -0.2) is 22.5 Å². The van der Waals surface area contributed by atoms with Gasteiger partial charge in [-0.15, -0.1) is 0 Å². The fourth-order valence-corrected chi connectivity index (χ4v) is 3.39. The predicted molar refractivity (Wildman–Crippen MR) is 70.7 cm³/mol. The van der Waals surface area contributed by atoms with Crippen LogP contribution in [0.25, 0.3) is 0 Å². The molecule has 1 N–H and O–H groups in total. The lowest BCUT2D eigenvalue weighted by atomic mass is 10.1. The van der Waals surface area contributed by atoms with Gasteiger partial charge in [-0.2, -0.15) is 11.8 Å². The molecule has 0 aliphatic heterocycles. The second-order valence-electron chi connectivity index (χ2n) is 4.60. The van der Waals surface area contributed by atoms with Crippen molar-refractivity contribution < 1.29 is 4.39 Å². The van der Waals surface area contributed by atoms with Gasteiger partial charge < -0.3 is 5.32 Å². The van der Waals surface area contributed by atoms with Crippen LogP contribution in [0.3, 0.4) is 0 Å². The van der Waals surface area contributed by atoms with Crippen LogP contribution in [0.2, 0.25) is 0 Å². The maximum absolute atomic E-state index is 12.8. The van der Waals surface area contributed by atoms with E-state index in [0.717, 1.165) is 5.69 Å². The van der Waals surface area contributed by atoms with Crippen molar-refractivity contribution in [2.45, 2.75) is 43.5 Å². The minimum atomic E-state index is -0.274. The van der Waals surface area contributed by atoms with E-state index in [1.54, 1.807) is 6.07 Å². The molecule has 1 aliphatic rings. The van der Waals surface area contributed by atoms with Crippen LogP contribution in [0, 0.1) is 5.82 Å². The molecule has 4 heteroatoms. The van der Waals surface area contributed by atoms with Crippen molar-refractivity contribution in [2.75, 3.05) is 6.26 Å². The van der Waals surface area contributed by atoms with Crippen LogP contribution in [0.4, 0.5) is 4.39 Å². The molecule has 1 saturated carbocycles. The Kier molecular flexibility index (Phi) is 4.40. The number of aromatic nitrogens is 1. The summed E-state index contributed by atoms with van der Waals surface area (Å²) in [6.45, 7) is 2.09. The largest absolute Gasteiger partial charge is 0.305 e. The molecule has 1 aromatic rings. The topological polar surface area (TPSA) is 24.9 Å². The molecule has 17 heavy (non-hydrogen) atoms. The van der Waals surface area contributed by atoms with E-state index in [4.69, 9.17) is 0 Å². The fraction of sp³-hybridized carbons (Fsp3) is 0.615. The molecule has 1 aliphatic carbocycles. The summed E-state index contributed by atoms with van der Waals surface area (Å²) in [6.07, 6.45) is 7.28. The highest BCUT2D eigenvalue weighted by molar-refractivity contribution is 7.99. The van der Waals surface area contributed by atoms with Gasteiger partial charge in [-0.25, -0.2) is 4.39 Å². The Labute approximate surface area is 106 Å². The molecule has 0 amide bonds. The van der Waals surface area contributed by atoms with Crippen LogP contribution in [0.1, 0.15) is 37.9 Å². The van der Waals surface area contributed by atoms with Crippen LogP contribution < -0.4 is 5.32 Å². The molecule has 0 radical (unpaired) electrons. The van der Waals surface area contributed by atoms with Gasteiger partial charge in [0.1, 0.15) is 5.82 Å². The highest BCUT2D eigenvalue weighted by atomic mass is 32.2. The monoisotopic (exact) mass is 254 g/mol. The minimum Gasteiger partial charge on any atom is -0.305 e. The van der Waals surface area contributed by atoms with E-state index < -0.39 is 0 Å². The molecular weight excluding hydrogens is 235 g/mol. The molecule has 3 atom stereocenters. The standard InChI is InChI=1S/C13H19FN2S/c1-9(11-7-6-10(14)8-15-11)16-12-4-3-5-13(12)17-2/h6-9,12-13,16H,3-5H2,1-2H3. The summed E-state index contributed by atoms with van der Waals surface area (Å²) in [5, 5.41) is 4.32. The van der Waals surface area contributed by atoms with E-state index in [1.165, 1.54) is 31.5 Å². The van der Waals surface area contributed by atoms with Gasteiger partial charge in [0.2, 0.25) is 0 Å². The fourth-order valence-electron chi connectivity index (χ4n) is 2.45. The number of pyridine rings is 1. The average Bonchev–Trinajstić information content (AvgIpc) is 2.77. The van der Waals surface area contributed by atoms with E-state index in [-0.39, 0.29) is 11.9 Å². The van der Waals surface area contributed by atoms with Crippen LogP contribution >= 0.6 is 11.8 Å². The quantitative estimate of drug-likeness (QED) is 0.893. The summed E-state index contributed by atoms with van der Waals surface area (Å²) >= 11 is 1.94. The molecule has 0 aromatic carbocycles. The van der Waals surface area contributed by atoms with Gasteiger partial charge in [-0.1, -0.05) is 6.42 Å². The normalized spacial score (nSPS) is 26.1. The van der Waals surface area contributed by atoms with Gasteiger partial charge in [0, 0.05) is 17.3 Å². The number of thioether (sulfide) groups is 1. The Hall–Kier alpha value is -0.610. The highest BCUT2D eigenvalue weighted by Gasteiger charge is 2.27. The Balaban J connectivity index is 1.96. The number of hydrogen-bond acceptors (Lipinski definition) is 3. The molecule has 1 fully saturated rings. The summed E-state index contributed by atoms with van der Waals surface area (Å²) < 4.78 is 12.8. The molecule has 0 bridgehead atoms. The predicted octanol–water partition coefficient (Wildman–Crippen LogP) is 3.16. The highest BCUT2D eigenvalue weighted by Crippen LogP contribution is 2.29. The van der Waals surface area contributed by atoms with Crippen molar-refractivity contribution in [3.8, 4) is 0 Å². The molecule has 3 unspecified atom stereocenters. The summed E-state index contributed by atoms with van der Waals surface area (Å²) in [6, 6.07) is 3.98. The van der Waals surface area contributed by atoms with Crippen LogP contribution in [-0.2, 0) is 0 Å². The number of halogens is 1. The first kappa shape index (κ1) is 12.8. The van der Waals surface area contributed by atoms with Crippen molar-refractivity contribution in [1.82, 2.24) is 10.3 Å². The summed E-state index contributed by atoms with van der Waals surface area (Å²) in [7, 11) is 0. The van der Waals surface area contributed by atoms with Crippen molar-refractivity contribution in [3.63, 3.8) is 0 Å². The lowest BCUT2D eigenvalue weighted by Gasteiger charge is -2.23. The zero-order valence-electron chi connectivity index (χ0n) is 10.3. The third-order valence-electron chi connectivity index (χ3n) is 3.41. The number of hydrogen-bond donors (Lipinski definition) is 1. The van der Waals surface area contributed by atoms with E-state index in [1.807, 2.05) is 11.8 Å². The van der Waals surface area contributed by atoms with E-state index in [9.17, 15) is 4.39 Å². The first-order valence-electron chi connectivity index (χ1n) is 6.11. The Bertz CT molecular complexity index is 355. The molecule has 0 saturated heterocycles. The Morgan fingerprint density at radius 2 is 2.29 bits per heavy atom. The van der Waals surface area contributed by atoms with Gasteiger partial charge in [0.25, 0.3) is 0 Å². The first-order chi connectivity index (χ1) is 8.20. The number of nitrogens with zero attached hydrogens (tertiary/aromatic N) is 1. The van der Waals surface area contributed by atoms with Gasteiger partial charge in [-0.05, 0) is 38.2 Å². The van der Waals surface area contributed by atoms with Gasteiger partial charge in [0.05, 0.1) is 11.9 Å². The lowest BCUT2D eigenvalue weighted by molar-refractivity contribution is 0.459. The van der Waals surface area contributed by atoms with Gasteiger partial charge in [0.15, 0.2) is 0 Å². The van der Waals surface area contributed by atoms with E-state index >= 15 is 0 Å². The maximum atomic E-state index is 12.8. The van der Waals surface area contributed by atoms with E-state index in [2.05, 4.69) is 23.5 Å². The second-order valence-corrected chi connectivity index (χ2v) is 5.68. The summed E-state index contributed by atoms with van der Waals surface area (Å²) in [5.74, 6) is -0.274. The number of nitrogens with one attached hydrogen (secondary N) is 1. The first-order valence-corrected chi connectivity index (χ1v) is 7.40. The smallest absolute Gasteiger partial charge is 0.141 e. The lowest BCUT2D eigenvalue weighted by Crippen LogP contribution is -2.36. The Morgan fingerprint density at radius 1 is 1.47 bits per heavy atom. The second kappa shape index (κ2) is 5.83.